The molecule has 260 valence electrons. The number of hydrogen-bond donors (Lipinski definition) is 0. The Labute approximate surface area is 317 Å². The molecule has 0 atom stereocenters. The SMILES string of the molecule is CC1(C)c2ccccc2-c2ccc(-c3cc4c(oc5ccc(N(c6ccccc6)c6ccc7c(c6)C(C)(C)c6ccccc6-7)cc54)c4c3CCC=C4)cc21. The standard InChI is InChI=1S/C52H41NO/c1-51(2)45-20-12-10-17-37(45)39-25-22-32(28-47(39)51)42-31-44-43-29-34(24-27-49(43)54-50(44)41-19-9-8-16-36(41)42)53(33-14-6-5-7-15-33)35-23-26-40-38-18-11-13-21-46(38)52(3,4)48(40)30-35/h5-7,9-15,17-31H,8,16H2,1-4H3. The van der Waals surface area contributed by atoms with Gasteiger partial charge in [0.25, 0.3) is 0 Å². The molecule has 0 fully saturated rings. The summed E-state index contributed by atoms with van der Waals surface area (Å²) in [6.45, 7) is 9.44. The largest absolute Gasteiger partial charge is 0.455 e. The lowest BCUT2D eigenvalue weighted by Gasteiger charge is -2.28. The van der Waals surface area contributed by atoms with Crippen LogP contribution in [0.2, 0.25) is 0 Å². The van der Waals surface area contributed by atoms with Gasteiger partial charge in [-0.3, -0.25) is 0 Å². The summed E-state index contributed by atoms with van der Waals surface area (Å²) in [6.07, 6.45) is 6.63. The van der Waals surface area contributed by atoms with Crippen LogP contribution in [0, 0.1) is 0 Å². The lowest BCUT2D eigenvalue weighted by atomic mass is 9.80. The number of benzene rings is 7. The first kappa shape index (κ1) is 31.4. The summed E-state index contributed by atoms with van der Waals surface area (Å²) in [4.78, 5) is 2.40. The number of nitrogens with zero attached hydrogens (tertiary/aromatic N) is 1. The van der Waals surface area contributed by atoms with Gasteiger partial charge in [0.1, 0.15) is 11.2 Å². The molecule has 1 aromatic heterocycles. The molecule has 2 nitrogen and oxygen atoms in total. The number of fused-ring (bicyclic) bond motifs is 11. The van der Waals surface area contributed by atoms with Crippen LogP contribution in [0.25, 0.3) is 61.4 Å². The van der Waals surface area contributed by atoms with Crippen molar-refractivity contribution in [2.24, 2.45) is 0 Å². The van der Waals surface area contributed by atoms with E-state index in [0.717, 1.165) is 51.8 Å². The second-order valence-corrected chi connectivity index (χ2v) is 16.4. The molecule has 8 aromatic rings. The monoisotopic (exact) mass is 695 g/mol. The number of para-hydroxylation sites is 1. The molecule has 7 aromatic carbocycles. The topological polar surface area (TPSA) is 16.4 Å². The molecule has 1 heterocycles. The van der Waals surface area contributed by atoms with Crippen molar-refractivity contribution in [3.05, 3.63) is 179 Å². The van der Waals surface area contributed by atoms with Gasteiger partial charge in [0, 0.05) is 44.2 Å². The summed E-state index contributed by atoms with van der Waals surface area (Å²) >= 11 is 0. The van der Waals surface area contributed by atoms with E-state index in [0.29, 0.717) is 0 Å². The van der Waals surface area contributed by atoms with Gasteiger partial charge in [-0.05, 0) is 129 Å². The highest BCUT2D eigenvalue weighted by atomic mass is 16.3. The number of furan rings is 1. The van der Waals surface area contributed by atoms with Crippen molar-refractivity contribution in [3.8, 4) is 33.4 Å². The average Bonchev–Trinajstić information content (AvgIpc) is 3.77. The number of allylic oxidation sites excluding steroid dienone is 1. The predicted molar refractivity (Wildman–Crippen MR) is 226 cm³/mol. The van der Waals surface area contributed by atoms with Gasteiger partial charge >= 0.3 is 0 Å². The van der Waals surface area contributed by atoms with Crippen LogP contribution in [0.4, 0.5) is 17.1 Å². The van der Waals surface area contributed by atoms with Crippen molar-refractivity contribution in [2.45, 2.75) is 51.4 Å². The third kappa shape index (κ3) is 4.34. The maximum absolute atomic E-state index is 6.79. The molecular weight excluding hydrogens is 655 g/mol. The van der Waals surface area contributed by atoms with Gasteiger partial charge in [0.05, 0.1) is 0 Å². The summed E-state index contributed by atoms with van der Waals surface area (Å²) < 4.78 is 6.79. The molecule has 0 amide bonds. The Balaban J connectivity index is 1.10. The molecule has 54 heavy (non-hydrogen) atoms. The van der Waals surface area contributed by atoms with E-state index in [1.165, 1.54) is 66.8 Å². The van der Waals surface area contributed by atoms with Gasteiger partial charge in [-0.1, -0.05) is 125 Å². The van der Waals surface area contributed by atoms with Gasteiger partial charge in [-0.15, -0.1) is 0 Å². The van der Waals surface area contributed by atoms with E-state index in [4.69, 9.17) is 4.42 Å². The zero-order valence-corrected chi connectivity index (χ0v) is 31.2. The molecule has 0 saturated carbocycles. The van der Waals surface area contributed by atoms with Gasteiger partial charge in [0.2, 0.25) is 0 Å². The normalized spacial score (nSPS) is 15.5. The van der Waals surface area contributed by atoms with E-state index in [1.807, 2.05) is 0 Å². The van der Waals surface area contributed by atoms with E-state index < -0.39 is 0 Å². The van der Waals surface area contributed by atoms with Crippen LogP contribution >= 0.6 is 0 Å². The summed E-state index contributed by atoms with van der Waals surface area (Å²) in [6, 6.07) is 51.9. The molecular formula is C52H41NO. The molecule has 0 N–H and O–H groups in total. The predicted octanol–water partition coefficient (Wildman–Crippen LogP) is 14.3. The molecule has 0 aliphatic heterocycles. The fourth-order valence-corrected chi connectivity index (χ4v) is 9.96. The molecule has 0 radical (unpaired) electrons. The Hall–Kier alpha value is -6.12. The molecule has 0 bridgehead atoms. The Bertz CT molecular complexity index is 2880. The maximum Gasteiger partial charge on any atom is 0.142 e. The molecule has 3 aliphatic carbocycles. The molecule has 2 heteroatoms. The van der Waals surface area contributed by atoms with E-state index in [1.54, 1.807) is 0 Å². The van der Waals surface area contributed by atoms with Gasteiger partial charge in [0.15, 0.2) is 0 Å². The molecule has 0 unspecified atom stereocenters. The Morgan fingerprint density at radius 2 is 1.11 bits per heavy atom. The van der Waals surface area contributed by atoms with Crippen molar-refractivity contribution in [3.63, 3.8) is 0 Å². The zero-order chi connectivity index (χ0) is 36.3. The Morgan fingerprint density at radius 1 is 0.500 bits per heavy atom. The third-order valence-electron chi connectivity index (χ3n) is 12.7. The fourth-order valence-electron chi connectivity index (χ4n) is 9.96. The minimum absolute atomic E-state index is 0.0559. The highest BCUT2D eigenvalue weighted by Gasteiger charge is 2.37. The summed E-state index contributed by atoms with van der Waals surface area (Å²) in [5.74, 6) is 0. The Morgan fingerprint density at radius 3 is 1.85 bits per heavy atom. The van der Waals surface area contributed by atoms with Crippen LogP contribution < -0.4 is 4.90 Å². The lowest BCUT2D eigenvalue weighted by molar-refractivity contribution is 0.660. The first-order valence-corrected chi connectivity index (χ1v) is 19.3. The number of anilines is 3. The van der Waals surface area contributed by atoms with E-state index in [9.17, 15) is 0 Å². The number of hydrogen-bond acceptors (Lipinski definition) is 2. The second-order valence-electron chi connectivity index (χ2n) is 16.4. The van der Waals surface area contributed by atoms with Crippen LogP contribution in [0.15, 0.2) is 150 Å². The molecule has 11 rings (SSSR count). The zero-order valence-electron chi connectivity index (χ0n) is 31.2. The first-order valence-electron chi connectivity index (χ1n) is 19.3. The minimum Gasteiger partial charge on any atom is -0.455 e. The van der Waals surface area contributed by atoms with Gasteiger partial charge < -0.3 is 9.32 Å². The van der Waals surface area contributed by atoms with Crippen molar-refractivity contribution in [2.75, 3.05) is 4.90 Å². The molecule has 3 aliphatic rings. The van der Waals surface area contributed by atoms with Gasteiger partial charge in [-0.25, -0.2) is 0 Å². The van der Waals surface area contributed by atoms with E-state index in [-0.39, 0.29) is 10.8 Å². The maximum atomic E-state index is 6.79. The van der Waals surface area contributed by atoms with E-state index >= 15 is 0 Å². The molecule has 0 saturated heterocycles. The minimum atomic E-state index is -0.0897. The van der Waals surface area contributed by atoms with Crippen molar-refractivity contribution in [1.82, 2.24) is 0 Å². The highest BCUT2D eigenvalue weighted by molar-refractivity contribution is 6.11. The third-order valence-corrected chi connectivity index (χ3v) is 12.7. The van der Waals surface area contributed by atoms with Crippen molar-refractivity contribution < 1.29 is 4.42 Å². The fraction of sp³-hybridized carbons (Fsp3) is 0.154. The lowest BCUT2D eigenvalue weighted by Crippen LogP contribution is -2.16. The molecule has 0 spiro atoms. The quantitative estimate of drug-likeness (QED) is 0.182. The van der Waals surface area contributed by atoms with Crippen LogP contribution in [-0.4, -0.2) is 0 Å². The second kappa shape index (κ2) is 11.2. The van der Waals surface area contributed by atoms with Crippen molar-refractivity contribution >= 4 is 45.1 Å². The summed E-state index contributed by atoms with van der Waals surface area (Å²) in [5.41, 5.74) is 21.3. The number of rotatable bonds is 4. The highest BCUT2D eigenvalue weighted by Crippen LogP contribution is 2.52. The average molecular weight is 696 g/mol. The Kier molecular flexibility index (Phi) is 6.51. The first-order chi connectivity index (χ1) is 26.3. The van der Waals surface area contributed by atoms with Crippen molar-refractivity contribution in [1.29, 1.82) is 0 Å². The van der Waals surface area contributed by atoms with Crippen LogP contribution in [-0.2, 0) is 17.3 Å². The van der Waals surface area contributed by atoms with Gasteiger partial charge in [-0.2, -0.15) is 0 Å². The van der Waals surface area contributed by atoms with Crippen LogP contribution in [0.3, 0.4) is 0 Å². The van der Waals surface area contributed by atoms with E-state index in [2.05, 4.69) is 184 Å². The van der Waals surface area contributed by atoms with Crippen LogP contribution in [0.1, 0.15) is 67.5 Å². The van der Waals surface area contributed by atoms with Crippen LogP contribution in [0.5, 0.6) is 0 Å². The summed E-state index contributed by atoms with van der Waals surface area (Å²) in [7, 11) is 0. The smallest absolute Gasteiger partial charge is 0.142 e. The summed E-state index contributed by atoms with van der Waals surface area (Å²) in [5, 5.41) is 2.29.